The lowest BCUT2D eigenvalue weighted by molar-refractivity contribution is -0.139. The molecule has 0 bridgehead atoms. The molecule has 0 spiro atoms. The number of rotatable bonds is 4. The molecule has 1 atom stereocenters. The molecule has 1 heterocycles. The lowest BCUT2D eigenvalue weighted by Crippen LogP contribution is -2.35. The normalized spacial score (nSPS) is 12.8. The van der Waals surface area contributed by atoms with Gasteiger partial charge in [0.1, 0.15) is 6.04 Å². The zero-order valence-electron chi connectivity index (χ0n) is 7.69. The molecule has 1 rings (SSSR count). The van der Waals surface area contributed by atoms with Gasteiger partial charge in [-0.15, -0.1) is 0 Å². The molecule has 0 aliphatic heterocycles. The Labute approximate surface area is 76.4 Å². The Morgan fingerprint density at radius 1 is 1.85 bits per heavy atom. The number of hydrogen-bond donors (Lipinski definition) is 2. The Balaban J connectivity index is 2.61. The number of nitrogens with zero attached hydrogens (tertiary/aromatic N) is 2. The summed E-state index contributed by atoms with van der Waals surface area (Å²) >= 11 is 0. The van der Waals surface area contributed by atoms with E-state index in [-0.39, 0.29) is 0 Å². The van der Waals surface area contributed by atoms with Gasteiger partial charge in [0.15, 0.2) is 0 Å². The number of aromatic nitrogens is 2. The topological polar surface area (TPSA) is 67.2 Å². The molecule has 0 aliphatic carbocycles. The number of imidazole rings is 1. The molecule has 0 saturated carbocycles. The molecule has 72 valence electrons. The van der Waals surface area contributed by atoms with Gasteiger partial charge in [0.2, 0.25) is 0 Å². The van der Waals surface area contributed by atoms with Crippen molar-refractivity contribution in [2.24, 2.45) is 7.05 Å². The Morgan fingerprint density at radius 2 is 2.54 bits per heavy atom. The van der Waals surface area contributed by atoms with Crippen LogP contribution in [0.15, 0.2) is 12.5 Å². The maximum Gasteiger partial charge on any atom is 0.321 e. The van der Waals surface area contributed by atoms with Crippen LogP contribution < -0.4 is 5.32 Å². The maximum absolute atomic E-state index is 10.6. The largest absolute Gasteiger partial charge is 0.480 e. The number of likely N-dealkylation sites (N-methyl/N-ethyl adjacent to an activating group) is 1. The summed E-state index contributed by atoms with van der Waals surface area (Å²) in [4.78, 5) is 14.7. The van der Waals surface area contributed by atoms with E-state index in [1.165, 1.54) is 0 Å². The number of carboxylic acid groups (broad SMARTS) is 1. The standard InChI is InChI=1S/C8H13N3O2/c1-9-7(8(12)13)3-6-4-11(2)5-10-6/h4-5,7,9H,3H2,1-2H3,(H,12,13)/t7-/m0/s1. The molecule has 0 saturated heterocycles. The van der Waals surface area contributed by atoms with Crippen LogP contribution in [0.25, 0.3) is 0 Å². The molecule has 0 radical (unpaired) electrons. The van der Waals surface area contributed by atoms with Gasteiger partial charge >= 0.3 is 5.97 Å². The van der Waals surface area contributed by atoms with Gasteiger partial charge < -0.3 is 15.0 Å². The van der Waals surface area contributed by atoms with Crippen molar-refractivity contribution >= 4 is 5.97 Å². The lowest BCUT2D eigenvalue weighted by atomic mass is 10.2. The molecule has 1 aromatic heterocycles. The van der Waals surface area contributed by atoms with E-state index in [1.54, 1.807) is 17.9 Å². The minimum Gasteiger partial charge on any atom is -0.480 e. The minimum atomic E-state index is -0.854. The average Bonchev–Trinajstić information content (AvgIpc) is 2.46. The third-order valence-corrected chi connectivity index (χ3v) is 1.82. The highest BCUT2D eigenvalue weighted by atomic mass is 16.4. The summed E-state index contributed by atoms with van der Waals surface area (Å²) in [5.41, 5.74) is 0.782. The predicted molar refractivity (Wildman–Crippen MR) is 47.4 cm³/mol. The second-order valence-corrected chi connectivity index (χ2v) is 2.91. The van der Waals surface area contributed by atoms with Crippen molar-refractivity contribution in [3.05, 3.63) is 18.2 Å². The van der Waals surface area contributed by atoms with Crippen LogP contribution in [0.1, 0.15) is 5.69 Å². The summed E-state index contributed by atoms with van der Waals surface area (Å²) in [5.74, 6) is -0.854. The molecule has 0 amide bonds. The number of carbonyl (C=O) groups is 1. The van der Waals surface area contributed by atoms with Crippen molar-refractivity contribution in [3.8, 4) is 0 Å². The van der Waals surface area contributed by atoms with E-state index in [0.717, 1.165) is 5.69 Å². The highest BCUT2D eigenvalue weighted by Gasteiger charge is 2.16. The molecule has 5 heteroatoms. The summed E-state index contributed by atoms with van der Waals surface area (Å²) < 4.78 is 1.80. The van der Waals surface area contributed by atoms with Crippen LogP contribution in [0.5, 0.6) is 0 Å². The van der Waals surface area contributed by atoms with E-state index < -0.39 is 12.0 Å². The first kappa shape index (κ1) is 9.73. The van der Waals surface area contributed by atoms with Crippen LogP contribution in [0.4, 0.5) is 0 Å². The zero-order chi connectivity index (χ0) is 9.84. The van der Waals surface area contributed by atoms with Gasteiger partial charge in [-0.25, -0.2) is 4.98 Å². The molecule has 2 N–H and O–H groups in total. The van der Waals surface area contributed by atoms with Gasteiger partial charge in [-0.1, -0.05) is 0 Å². The summed E-state index contributed by atoms with van der Waals surface area (Å²) in [7, 11) is 3.48. The van der Waals surface area contributed by atoms with Crippen molar-refractivity contribution in [2.45, 2.75) is 12.5 Å². The molecule has 5 nitrogen and oxygen atoms in total. The SMILES string of the molecule is CN[C@@H](Cc1cn(C)cn1)C(=O)O. The van der Waals surface area contributed by atoms with Crippen LogP contribution in [0.2, 0.25) is 0 Å². The van der Waals surface area contributed by atoms with Crippen molar-refractivity contribution in [1.82, 2.24) is 14.9 Å². The van der Waals surface area contributed by atoms with E-state index in [4.69, 9.17) is 5.11 Å². The van der Waals surface area contributed by atoms with E-state index in [0.29, 0.717) is 6.42 Å². The van der Waals surface area contributed by atoms with E-state index in [2.05, 4.69) is 10.3 Å². The predicted octanol–water partition coefficient (Wildman–Crippen LogP) is -0.365. The average molecular weight is 183 g/mol. The van der Waals surface area contributed by atoms with Crippen molar-refractivity contribution in [1.29, 1.82) is 0 Å². The first-order valence-corrected chi connectivity index (χ1v) is 4.00. The zero-order valence-corrected chi connectivity index (χ0v) is 7.69. The molecule has 0 unspecified atom stereocenters. The summed E-state index contributed by atoms with van der Waals surface area (Å²) in [5, 5.41) is 11.5. The molecule has 13 heavy (non-hydrogen) atoms. The first-order valence-electron chi connectivity index (χ1n) is 4.00. The molecular formula is C8H13N3O2. The highest BCUT2D eigenvalue weighted by molar-refractivity contribution is 5.73. The van der Waals surface area contributed by atoms with Crippen molar-refractivity contribution < 1.29 is 9.90 Å². The van der Waals surface area contributed by atoms with Crippen LogP contribution in [0, 0.1) is 0 Å². The first-order chi connectivity index (χ1) is 6.13. The van der Waals surface area contributed by atoms with Gasteiger partial charge in [-0.3, -0.25) is 4.79 Å². The molecule has 1 aromatic rings. The van der Waals surface area contributed by atoms with Crippen LogP contribution >= 0.6 is 0 Å². The Hall–Kier alpha value is -1.36. The van der Waals surface area contributed by atoms with E-state index >= 15 is 0 Å². The fourth-order valence-corrected chi connectivity index (χ4v) is 1.09. The molecular weight excluding hydrogens is 170 g/mol. The van der Waals surface area contributed by atoms with Crippen LogP contribution in [-0.2, 0) is 18.3 Å². The molecule has 0 fully saturated rings. The number of hydrogen-bond acceptors (Lipinski definition) is 3. The second-order valence-electron chi connectivity index (χ2n) is 2.91. The molecule has 0 aromatic carbocycles. The number of aryl methyl sites for hydroxylation is 1. The number of nitrogens with one attached hydrogen (secondary N) is 1. The van der Waals surface area contributed by atoms with Crippen LogP contribution in [-0.4, -0.2) is 33.7 Å². The van der Waals surface area contributed by atoms with Gasteiger partial charge in [0.05, 0.1) is 12.0 Å². The quantitative estimate of drug-likeness (QED) is 0.668. The number of carboxylic acids is 1. The summed E-state index contributed by atoms with van der Waals surface area (Å²) in [6.45, 7) is 0. The van der Waals surface area contributed by atoms with Crippen molar-refractivity contribution in [3.63, 3.8) is 0 Å². The fourth-order valence-electron chi connectivity index (χ4n) is 1.09. The highest BCUT2D eigenvalue weighted by Crippen LogP contribution is 1.99. The molecule has 0 aliphatic rings. The Bertz CT molecular complexity index is 295. The third kappa shape index (κ3) is 2.55. The smallest absolute Gasteiger partial charge is 0.321 e. The third-order valence-electron chi connectivity index (χ3n) is 1.82. The van der Waals surface area contributed by atoms with E-state index in [1.807, 2.05) is 13.2 Å². The van der Waals surface area contributed by atoms with Crippen LogP contribution in [0.3, 0.4) is 0 Å². The monoisotopic (exact) mass is 183 g/mol. The second kappa shape index (κ2) is 4.04. The maximum atomic E-state index is 10.6. The summed E-state index contributed by atoms with van der Waals surface area (Å²) in [6.07, 6.45) is 3.88. The number of aliphatic carboxylic acids is 1. The van der Waals surface area contributed by atoms with E-state index in [9.17, 15) is 4.79 Å². The van der Waals surface area contributed by atoms with Gasteiger partial charge in [-0.2, -0.15) is 0 Å². The van der Waals surface area contributed by atoms with Gasteiger partial charge in [0, 0.05) is 19.7 Å². The fraction of sp³-hybridized carbons (Fsp3) is 0.500. The Kier molecular flexibility index (Phi) is 3.02. The van der Waals surface area contributed by atoms with Crippen molar-refractivity contribution in [2.75, 3.05) is 7.05 Å². The Morgan fingerprint density at radius 3 is 2.92 bits per heavy atom. The summed E-state index contributed by atoms with van der Waals surface area (Å²) in [6, 6.07) is -0.560. The van der Waals surface area contributed by atoms with Gasteiger partial charge in [-0.05, 0) is 7.05 Å². The minimum absolute atomic E-state index is 0.409. The lowest BCUT2D eigenvalue weighted by Gasteiger charge is -2.08. The van der Waals surface area contributed by atoms with Gasteiger partial charge in [0.25, 0.3) is 0 Å².